The number of hydrogen-bond acceptors (Lipinski definition) is 1. The lowest BCUT2D eigenvalue weighted by Gasteiger charge is -1.95. The van der Waals surface area contributed by atoms with E-state index in [0.717, 1.165) is 10.6 Å². The maximum atomic E-state index is 5.64. The van der Waals surface area contributed by atoms with Gasteiger partial charge in [-0.15, -0.1) is 0 Å². The molecule has 0 aliphatic rings. The molecule has 10 heavy (non-hydrogen) atoms. The summed E-state index contributed by atoms with van der Waals surface area (Å²) in [6.45, 7) is 2.68. The Morgan fingerprint density at radius 1 is 1.30 bits per heavy atom. The second-order valence-corrected chi connectivity index (χ2v) is 2.25. The molecular formula is C8H7ClO. The van der Waals surface area contributed by atoms with E-state index in [2.05, 4.69) is 11.3 Å². The summed E-state index contributed by atoms with van der Waals surface area (Å²) in [7, 11) is 1.56. The van der Waals surface area contributed by atoms with E-state index >= 15 is 0 Å². The normalized spacial score (nSPS) is 9.80. The minimum Gasteiger partial charge on any atom is -0.366 e. The Morgan fingerprint density at radius 3 is 2.40 bits per heavy atom. The number of methoxy groups -OCH3 is 1. The largest absolute Gasteiger partial charge is 0.366 e. The van der Waals surface area contributed by atoms with Gasteiger partial charge < -0.3 is 4.74 Å². The zero-order valence-electron chi connectivity index (χ0n) is 5.60. The molecule has 0 spiro atoms. The molecule has 0 bridgehead atoms. The highest BCUT2D eigenvalue weighted by atomic mass is 35.5. The van der Waals surface area contributed by atoms with Crippen LogP contribution in [0.3, 0.4) is 0 Å². The van der Waals surface area contributed by atoms with Crippen LogP contribution in [0.1, 0.15) is 5.56 Å². The first-order valence-corrected chi connectivity index (χ1v) is 3.25. The van der Waals surface area contributed by atoms with Crippen LogP contribution in [0.15, 0.2) is 24.3 Å². The molecule has 1 rings (SSSR count). The summed E-state index contributed by atoms with van der Waals surface area (Å²) < 4.78 is 4.67. The molecule has 2 heteroatoms. The van der Waals surface area contributed by atoms with E-state index < -0.39 is 0 Å². The molecule has 0 atom stereocenters. The van der Waals surface area contributed by atoms with Crippen LogP contribution in [0.25, 0.3) is 0 Å². The fraction of sp³-hybridized carbons (Fsp3) is 0.125. The molecule has 0 fully saturated rings. The van der Waals surface area contributed by atoms with Gasteiger partial charge in [-0.3, -0.25) is 0 Å². The van der Waals surface area contributed by atoms with E-state index in [1.54, 1.807) is 19.2 Å². The molecule has 0 N–H and O–H groups in total. The summed E-state index contributed by atoms with van der Waals surface area (Å²) in [5.41, 5.74) is 0.895. The van der Waals surface area contributed by atoms with Crippen molar-refractivity contribution in [2.45, 2.75) is 0 Å². The van der Waals surface area contributed by atoms with Gasteiger partial charge in [-0.05, 0) is 17.7 Å². The summed E-state index contributed by atoms with van der Waals surface area (Å²) in [5.74, 6) is 0. The average molecular weight is 155 g/mol. The van der Waals surface area contributed by atoms with Gasteiger partial charge in [0.2, 0.25) is 0 Å². The number of rotatable bonds is 2. The Hall–Kier alpha value is -0.530. The molecule has 2 radical (unpaired) electrons. The van der Waals surface area contributed by atoms with Crippen LogP contribution in [-0.2, 0) is 4.74 Å². The second kappa shape index (κ2) is 3.59. The summed E-state index contributed by atoms with van der Waals surface area (Å²) in [6, 6.07) is 7.27. The molecule has 0 unspecified atom stereocenters. The maximum absolute atomic E-state index is 5.64. The number of hydrogen-bond donors (Lipinski definition) is 0. The second-order valence-electron chi connectivity index (χ2n) is 1.81. The quantitative estimate of drug-likeness (QED) is 0.636. The number of ether oxygens (including phenoxy) is 1. The van der Waals surface area contributed by atoms with Crippen molar-refractivity contribution in [3.63, 3.8) is 0 Å². The summed E-state index contributed by atoms with van der Waals surface area (Å²) in [5, 5.41) is 0.724. The van der Waals surface area contributed by atoms with Crippen molar-refractivity contribution in [3.8, 4) is 0 Å². The molecule has 0 aliphatic carbocycles. The van der Waals surface area contributed by atoms with Crippen molar-refractivity contribution < 1.29 is 4.74 Å². The Balaban J connectivity index is 2.69. The molecule has 1 aromatic carbocycles. The lowest BCUT2D eigenvalue weighted by atomic mass is 10.2. The standard InChI is InChI=1S/C8H7ClO/c1-10-6-7-2-4-8(9)5-3-7/h2-5H,1H3. The van der Waals surface area contributed by atoms with Crippen LogP contribution in [-0.4, -0.2) is 7.11 Å². The van der Waals surface area contributed by atoms with E-state index in [1.165, 1.54) is 0 Å². The molecule has 52 valence electrons. The third-order valence-electron chi connectivity index (χ3n) is 1.06. The molecule has 1 nitrogen and oxygen atoms in total. The molecule has 0 saturated carbocycles. The molecule has 0 saturated heterocycles. The van der Waals surface area contributed by atoms with Crippen LogP contribution < -0.4 is 0 Å². The van der Waals surface area contributed by atoms with Crippen LogP contribution in [0, 0.1) is 6.61 Å². The Labute approximate surface area is 65.6 Å². The van der Waals surface area contributed by atoms with Crippen molar-refractivity contribution in [1.82, 2.24) is 0 Å². The monoisotopic (exact) mass is 154 g/mol. The smallest absolute Gasteiger partial charge is 0.165 e. The molecule has 0 aromatic heterocycles. The highest BCUT2D eigenvalue weighted by Crippen LogP contribution is 2.10. The molecular weight excluding hydrogens is 148 g/mol. The van der Waals surface area contributed by atoms with Gasteiger partial charge in [-0.2, -0.15) is 0 Å². The van der Waals surface area contributed by atoms with Gasteiger partial charge in [-0.1, -0.05) is 23.7 Å². The summed E-state index contributed by atoms with van der Waals surface area (Å²) in [6.07, 6.45) is 0. The van der Waals surface area contributed by atoms with Crippen LogP contribution in [0.5, 0.6) is 0 Å². The van der Waals surface area contributed by atoms with Crippen LogP contribution >= 0.6 is 11.6 Å². The minimum absolute atomic E-state index is 0.724. The van der Waals surface area contributed by atoms with E-state index in [1.807, 2.05) is 12.1 Å². The zero-order chi connectivity index (χ0) is 7.40. The predicted molar refractivity (Wildman–Crippen MR) is 40.8 cm³/mol. The van der Waals surface area contributed by atoms with E-state index in [-0.39, 0.29) is 0 Å². The van der Waals surface area contributed by atoms with Crippen molar-refractivity contribution >= 4 is 11.6 Å². The van der Waals surface area contributed by atoms with E-state index in [4.69, 9.17) is 11.6 Å². The van der Waals surface area contributed by atoms with Crippen LogP contribution in [0.2, 0.25) is 5.02 Å². The third kappa shape index (κ3) is 2.01. The molecule has 0 heterocycles. The fourth-order valence-corrected chi connectivity index (χ4v) is 0.762. The van der Waals surface area contributed by atoms with Gasteiger partial charge in [0.25, 0.3) is 0 Å². The van der Waals surface area contributed by atoms with E-state index in [9.17, 15) is 0 Å². The lowest BCUT2D eigenvalue weighted by Crippen LogP contribution is -1.81. The predicted octanol–water partition coefficient (Wildman–Crippen LogP) is 2.37. The van der Waals surface area contributed by atoms with Crippen molar-refractivity contribution in [3.05, 3.63) is 41.5 Å². The van der Waals surface area contributed by atoms with Crippen molar-refractivity contribution in [2.75, 3.05) is 7.11 Å². The molecule has 1 aromatic rings. The van der Waals surface area contributed by atoms with E-state index in [0.29, 0.717) is 0 Å². The molecule has 0 amide bonds. The highest BCUT2D eigenvalue weighted by Gasteiger charge is 1.91. The van der Waals surface area contributed by atoms with Gasteiger partial charge in [0.05, 0.1) is 0 Å². The first-order chi connectivity index (χ1) is 4.83. The first-order valence-electron chi connectivity index (χ1n) is 2.87. The van der Waals surface area contributed by atoms with Gasteiger partial charge >= 0.3 is 0 Å². The number of benzene rings is 1. The first kappa shape index (κ1) is 7.58. The minimum atomic E-state index is 0.724. The fourth-order valence-electron chi connectivity index (χ4n) is 0.636. The SMILES string of the molecule is CO[C]c1ccc(Cl)cc1. The Kier molecular flexibility index (Phi) is 2.72. The summed E-state index contributed by atoms with van der Waals surface area (Å²) >= 11 is 5.64. The highest BCUT2D eigenvalue weighted by molar-refractivity contribution is 6.30. The maximum Gasteiger partial charge on any atom is 0.165 e. The van der Waals surface area contributed by atoms with Crippen LogP contribution in [0.4, 0.5) is 0 Å². The Morgan fingerprint density at radius 2 is 1.90 bits per heavy atom. The third-order valence-corrected chi connectivity index (χ3v) is 1.32. The van der Waals surface area contributed by atoms with Gasteiger partial charge in [0.1, 0.15) is 0 Å². The summed E-state index contributed by atoms with van der Waals surface area (Å²) in [4.78, 5) is 0. The lowest BCUT2D eigenvalue weighted by molar-refractivity contribution is 0.292. The van der Waals surface area contributed by atoms with Crippen molar-refractivity contribution in [1.29, 1.82) is 0 Å². The van der Waals surface area contributed by atoms with Gasteiger partial charge in [-0.25, -0.2) is 0 Å². The topological polar surface area (TPSA) is 9.23 Å². The Bertz CT molecular complexity index is 193. The average Bonchev–Trinajstić information content (AvgIpc) is 1.95. The van der Waals surface area contributed by atoms with Gasteiger partial charge in [0.15, 0.2) is 6.61 Å². The molecule has 0 aliphatic heterocycles. The van der Waals surface area contributed by atoms with Crippen molar-refractivity contribution in [2.24, 2.45) is 0 Å². The number of halogens is 1. The zero-order valence-corrected chi connectivity index (χ0v) is 6.35. The van der Waals surface area contributed by atoms with Gasteiger partial charge in [0, 0.05) is 12.1 Å².